The fraction of sp³-hybridized carbons (Fsp3) is 0.400. The lowest BCUT2D eigenvalue weighted by atomic mass is 10.2. The molecule has 0 spiro atoms. The topological polar surface area (TPSA) is 29.9 Å². The summed E-state index contributed by atoms with van der Waals surface area (Å²) in [6.07, 6.45) is 7.09. The van der Waals surface area contributed by atoms with Gasteiger partial charge in [-0.15, -0.1) is 0 Å². The van der Waals surface area contributed by atoms with E-state index in [0.29, 0.717) is 16.1 Å². The molecule has 1 heterocycles. The second-order valence-electron chi connectivity index (χ2n) is 5.40. The van der Waals surface area contributed by atoms with E-state index in [1.54, 1.807) is 0 Å². The van der Waals surface area contributed by atoms with Crippen molar-refractivity contribution in [3.8, 4) is 0 Å². The Kier molecular flexibility index (Phi) is 4.48. The zero-order valence-corrected chi connectivity index (χ0v) is 14.8. The van der Waals surface area contributed by atoms with Gasteiger partial charge in [0.15, 0.2) is 0 Å². The molecule has 6 heteroatoms. The predicted molar refractivity (Wildman–Crippen MR) is 91.9 cm³/mol. The molecule has 1 aliphatic rings. The normalized spacial score (nSPS) is 15.6. The van der Waals surface area contributed by atoms with Crippen molar-refractivity contribution >= 4 is 50.8 Å². The highest BCUT2D eigenvalue weighted by Gasteiger charge is 2.21. The van der Waals surface area contributed by atoms with Crippen LogP contribution in [-0.2, 0) is 0 Å². The highest BCUT2D eigenvalue weighted by atomic mass is 79.9. The van der Waals surface area contributed by atoms with Crippen LogP contribution in [0.1, 0.15) is 37.4 Å². The molecule has 2 aromatic rings. The lowest BCUT2D eigenvalue weighted by Crippen LogP contribution is -2.08. The van der Waals surface area contributed by atoms with E-state index in [9.17, 15) is 0 Å². The molecule has 0 aliphatic heterocycles. The van der Waals surface area contributed by atoms with E-state index < -0.39 is 0 Å². The molecule has 112 valence electrons. The Hall–Kier alpha value is -0.710. The summed E-state index contributed by atoms with van der Waals surface area (Å²) in [6, 6.07) is 4.31. The molecule has 0 radical (unpaired) electrons. The maximum Gasteiger partial charge on any atom is 0.207 e. The molecule has 21 heavy (non-hydrogen) atoms. The zero-order valence-electron chi connectivity index (χ0n) is 11.7. The first-order chi connectivity index (χ1) is 10.1. The van der Waals surface area contributed by atoms with E-state index in [1.165, 1.54) is 25.7 Å². The van der Waals surface area contributed by atoms with Crippen LogP contribution in [-0.4, -0.2) is 9.55 Å². The van der Waals surface area contributed by atoms with Crippen molar-refractivity contribution < 1.29 is 0 Å². The second-order valence-corrected chi connectivity index (χ2v) is 7.01. The third kappa shape index (κ3) is 3.08. The van der Waals surface area contributed by atoms with Crippen LogP contribution in [0.5, 0.6) is 0 Å². The molecule has 0 amide bonds. The van der Waals surface area contributed by atoms with Crippen molar-refractivity contribution in [3.05, 3.63) is 38.5 Å². The van der Waals surface area contributed by atoms with Gasteiger partial charge in [-0.25, -0.2) is 4.98 Å². The molecule has 3 rings (SSSR count). The lowest BCUT2D eigenvalue weighted by molar-refractivity contribution is 0.524. The quantitative estimate of drug-likeness (QED) is 0.641. The molecule has 1 saturated carbocycles. The number of anilines is 2. The molecule has 1 aromatic carbocycles. The summed E-state index contributed by atoms with van der Waals surface area (Å²) < 4.78 is 3.02. The SMILES string of the molecule is Cc1cn(C2CCCC2)c(Nc2ccc(Br)c(Cl)c2Cl)n1. The van der Waals surface area contributed by atoms with Crippen molar-refractivity contribution in [2.24, 2.45) is 0 Å². The first-order valence-electron chi connectivity index (χ1n) is 7.02. The Morgan fingerprint density at radius 3 is 2.67 bits per heavy atom. The van der Waals surface area contributed by atoms with Crippen molar-refractivity contribution in [1.82, 2.24) is 9.55 Å². The summed E-state index contributed by atoms with van der Waals surface area (Å²) in [7, 11) is 0. The van der Waals surface area contributed by atoms with E-state index in [0.717, 1.165) is 21.8 Å². The Labute approximate surface area is 142 Å². The molecule has 0 bridgehead atoms. The van der Waals surface area contributed by atoms with Gasteiger partial charge in [0.25, 0.3) is 0 Å². The first-order valence-corrected chi connectivity index (χ1v) is 8.57. The summed E-state index contributed by atoms with van der Waals surface area (Å²) in [5.41, 5.74) is 1.78. The van der Waals surface area contributed by atoms with Crippen LogP contribution in [0.2, 0.25) is 10.0 Å². The van der Waals surface area contributed by atoms with Crippen LogP contribution in [0, 0.1) is 6.92 Å². The molecule has 1 fully saturated rings. The highest BCUT2D eigenvalue weighted by molar-refractivity contribution is 9.10. The summed E-state index contributed by atoms with van der Waals surface area (Å²) in [5.74, 6) is 0.833. The van der Waals surface area contributed by atoms with E-state index in [4.69, 9.17) is 23.2 Å². The third-order valence-electron chi connectivity index (χ3n) is 3.85. The summed E-state index contributed by atoms with van der Waals surface area (Å²) >= 11 is 15.9. The van der Waals surface area contributed by atoms with Gasteiger partial charge in [-0.1, -0.05) is 36.0 Å². The number of nitrogens with one attached hydrogen (secondary N) is 1. The number of benzene rings is 1. The number of aryl methyl sites for hydroxylation is 1. The highest BCUT2D eigenvalue weighted by Crippen LogP contribution is 2.38. The number of rotatable bonds is 3. The van der Waals surface area contributed by atoms with Crippen LogP contribution in [0.25, 0.3) is 0 Å². The maximum atomic E-state index is 6.31. The number of halogens is 3. The number of hydrogen-bond donors (Lipinski definition) is 1. The van der Waals surface area contributed by atoms with Gasteiger partial charge in [0.1, 0.15) is 0 Å². The van der Waals surface area contributed by atoms with Crippen LogP contribution < -0.4 is 5.32 Å². The number of aromatic nitrogens is 2. The van der Waals surface area contributed by atoms with Gasteiger partial charge in [-0.3, -0.25) is 0 Å². The summed E-state index contributed by atoms with van der Waals surface area (Å²) in [4.78, 5) is 4.58. The third-order valence-corrected chi connectivity index (χ3v) is 5.62. The number of hydrogen-bond acceptors (Lipinski definition) is 2. The lowest BCUT2D eigenvalue weighted by Gasteiger charge is -2.16. The van der Waals surface area contributed by atoms with Crippen molar-refractivity contribution in [3.63, 3.8) is 0 Å². The van der Waals surface area contributed by atoms with E-state index in [2.05, 4.69) is 37.0 Å². The fourth-order valence-corrected chi connectivity index (χ4v) is 3.63. The first kappa shape index (κ1) is 15.2. The van der Waals surface area contributed by atoms with Crippen LogP contribution in [0.3, 0.4) is 0 Å². The second kappa shape index (κ2) is 6.19. The van der Waals surface area contributed by atoms with Crippen LogP contribution in [0.4, 0.5) is 11.6 Å². The monoisotopic (exact) mass is 387 g/mol. The van der Waals surface area contributed by atoms with Gasteiger partial charge >= 0.3 is 0 Å². The molecule has 1 aliphatic carbocycles. The largest absolute Gasteiger partial charge is 0.324 e. The summed E-state index contributed by atoms with van der Waals surface area (Å²) in [5, 5.41) is 4.34. The summed E-state index contributed by atoms with van der Waals surface area (Å²) in [6.45, 7) is 2.01. The van der Waals surface area contributed by atoms with Gasteiger partial charge in [0.2, 0.25) is 5.95 Å². The average Bonchev–Trinajstić information content (AvgIpc) is 3.09. The smallest absolute Gasteiger partial charge is 0.207 e. The molecule has 3 nitrogen and oxygen atoms in total. The molecule has 0 saturated heterocycles. The minimum atomic E-state index is 0.504. The number of nitrogens with zero attached hydrogens (tertiary/aromatic N) is 2. The van der Waals surface area contributed by atoms with Gasteiger partial charge in [0, 0.05) is 16.7 Å². The Bertz CT molecular complexity index is 663. The van der Waals surface area contributed by atoms with E-state index in [1.807, 2.05) is 19.1 Å². The molecular weight excluding hydrogens is 373 g/mol. The van der Waals surface area contributed by atoms with Crippen molar-refractivity contribution in [1.29, 1.82) is 0 Å². The minimum Gasteiger partial charge on any atom is -0.324 e. The van der Waals surface area contributed by atoms with Crippen molar-refractivity contribution in [2.75, 3.05) is 5.32 Å². The number of imidazole rings is 1. The van der Waals surface area contributed by atoms with Crippen LogP contribution in [0.15, 0.2) is 22.8 Å². The minimum absolute atomic E-state index is 0.504. The van der Waals surface area contributed by atoms with E-state index in [-0.39, 0.29) is 0 Å². The van der Waals surface area contributed by atoms with Crippen molar-refractivity contribution in [2.45, 2.75) is 38.6 Å². The van der Waals surface area contributed by atoms with Gasteiger partial charge in [0.05, 0.1) is 21.4 Å². The molecular formula is C15H16BrCl2N3. The Morgan fingerprint density at radius 2 is 1.95 bits per heavy atom. The predicted octanol–water partition coefficient (Wildman–Crippen LogP) is 6.12. The molecule has 0 atom stereocenters. The van der Waals surface area contributed by atoms with Gasteiger partial charge in [-0.05, 0) is 47.8 Å². The molecule has 1 aromatic heterocycles. The van der Waals surface area contributed by atoms with Gasteiger partial charge in [-0.2, -0.15) is 0 Å². The zero-order chi connectivity index (χ0) is 15.0. The van der Waals surface area contributed by atoms with Gasteiger partial charge < -0.3 is 9.88 Å². The maximum absolute atomic E-state index is 6.31. The van der Waals surface area contributed by atoms with E-state index >= 15 is 0 Å². The van der Waals surface area contributed by atoms with Crippen LogP contribution >= 0.6 is 39.1 Å². The fourth-order valence-electron chi connectivity index (χ4n) is 2.81. The average molecular weight is 389 g/mol. The molecule has 1 N–H and O–H groups in total. The molecule has 0 unspecified atom stereocenters. The Morgan fingerprint density at radius 1 is 1.24 bits per heavy atom. The Balaban J connectivity index is 1.93. The standard InChI is InChI=1S/C15H16BrCl2N3/c1-9-8-21(10-4-2-3-5-10)15(19-9)20-12-7-6-11(16)13(17)14(12)18/h6-8,10H,2-5H2,1H3,(H,19,20).